The van der Waals surface area contributed by atoms with Crippen molar-refractivity contribution in [2.24, 2.45) is 0 Å². The van der Waals surface area contributed by atoms with Gasteiger partial charge >= 0.3 is 0 Å². The molecule has 148 valence electrons. The topological polar surface area (TPSA) is 32.8 Å². The van der Waals surface area contributed by atoms with E-state index in [2.05, 4.69) is 35.2 Å². The monoisotopic (exact) mass is 378 g/mol. The molecular formula is C24H30N2O2. The maximum absolute atomic E-state index is 12.8. The van der Waals surface area contributed by atoms with E-state index in [9.17, 15) is 4.79 Å². The zero-order valence-electron chi connectivity index (χ0n) is 16.6. The molecule has 0 unspecified atom stereocenters. The van der Waals surface area contributed by atoms with Crippen LogP contribution in [0.25, 0.3) is 0 Å². The number of carbonyl (C=O) groups excluding carboxylic acids is 1. The first-order chi connectivity index (χ1) is 13.8. The molecule has 1 saturated heterocycles. The second-order valence-electron chi connectivity index (χ2n) is 7.93. The van der Waals surface area contributed by atoms with Crippen LogP contribution in [0.5, 0.6) is 5.75 Å². The van der Waals surface area contributed by atoms with Crippen LogP contribution in [0.3, 0.4) is 0 Å². The number of piperidine rings is 1. The number of fused-ring (bicyclic) bond motifs is 1. The number of benzene rings is 2. The summed E-state index contributed by atoms with van der Waals surface area (Å²) < 4.78 is 5.93. The van der Waals surface area contributed by atoms with Gasteiger partial charge in [-0.3, -0.25) is 9.69 Å². The van der Waals surface area contributed by atoms with Gasteiger partial charge in [-0.05, 0) is 55.6 Å². The van der Waals surface area contributed by atoms with Gasteiger partial charge < -0.3 is 9.64 Å². The van der Waals surface area contributed by atoms with Gasteiger partial charge in [0.2, 0.25) is 5.91 Å². The van der Waals surface area contributed by atoms with Gasteiger partial charge in [-0.1, -0.05) is 42.8 Å². The number of nitrogens with zero attached hydrogens (tertiary/aromatic N) is 2. The summed E-state index contributed by atoms with van der Waals surface area (Å²) in [5.41, 5.74) is 3.68. The molecule has 0 aliphatic carbocycles. The van der Waals surface area contributed by atoms with E-state index in [-0.39, 0.29) is 5.91 Å². The van der Waals surface area contributed by atoms with E-state index < -0.39 is 0 Å². The van der Waals surface area contributed by atoms with Crippen LogP contribution in [0.1, 0.15) is 42.4 Å². The van der Waals surface area contributed by atoms with Crippen LogP contribution in [0, 0.1) is 0 Å². The largest absolute Gasteiger partial charge is 0.491 e. The fourth-order valence-corrected chi connectivity index (χ4v) is 4.19. The molecule has 0 radical (unpaired) electrons. The Morgan fingerprint density at radius 1 is 0.929 bits per heavy atom. The molecule has 4 rings (SSSR count). The highest BCUT2D eigenvalue weighted by Gasteiger charge is 2.20. The lowest BCUT2D eigenvalue weighted by molar-refractivity contribution is -0.131. The van der Waals surface area contributed by atoms with Crippen molar-refractivity contribution in [1.82, 2.24) is 9.80 Å². The average molecular weight is 379 g/mol. The number of ether oxygens (including phenoxy) is 1. The van der Waals surface area contributed by atoms with Crippen LogP contribution in [0.4, 0.5) is 0 Å². The van der Waals surface area contributed by atoms with Crippen LogP contribution in [0.2, 0.25) is 0 Å². The number of hydrogen-bond donors (Lipinski definition) is 0. The molecule has 4 nitrogen and oxygen atoms in total. The van der Waals surface area contributed by atoms with E-state index in [4.69, 9.17) is 4.74 Å². The predicted octanol–water partition coefficient (Wildman–Crippen LogP) is 4.03. The summed E-state index contributed by atoms with van der Waals surface area (Å²) in [6, 6.07) is 16.7. The van der Waals surface area contributed by atoms with E-state index in [0.717, 1.165) is 24.3 Å². The van der Waals surface area contributed by atoms with Crippen LogP contribution in [-0.2, 0) is 24.3 Å². The molecule has 0 spiro atoms. The standard InChI is InChI=1S/C24H30N2O2/c27-24(12-10-20-7-3-1-4-8-20)26-15-16-28-23-11-9-21(17-22(23)19-26)18-25-13-5-2-6-14-25/h1,3-4,7-9,11,17H,2,5-6,10,12-16,18-19H2. The summed E-state index contributed by atoms with van der Waals surface area (Å²) in [5, 5.41) is 0. The molecular weight excluding hydrogens is 348 g/mol. The minimum atomic E-state index is 0.210. The van der Waals surface area contributed by atoms with Gasteiger partial charge in [0.1, 0.15) is 12.4 Å². The lowest BCUT2D eigenvalue weighted by atomic mass is 10.1. The highest BCUT2D eigenvalue weighted by atomic mass is 16.5. The van der Waals surface area contributed by atoms with E-state index in [1.54, 1.807) is 0 Å². The maximum Gasteiger partial charge on any atom is 0.223 e. The summed E-state index contributed by atoms with van der Waals surface area (Å²) in [4.78, 5) is 17.3. The summed E-state index contributed by atoms with van der Waals surface area (Å²) in [6.07, 6.45) is 5.30. The van der Waals surface area contributed by atoms with Crippen LogP contribution < -0.4 is 4.74 Å². The second-order valence-corrected chi connectivity index (χ2v) is 7.93. The molecule has 1 fully saturated rings. The maximum atomic E-state index is 12.8. The SMILES string of the molecule is O=C(CCc1ccccc1)N1CCOc2ccc(CN3CCCCC3)cc2C1. The Hall–Kier alpha value is -2.33. The minimum absolute atomic E-state index is 0.210. The fourth-order valence-electron chi connectivity index (χ4n) is 4.19. The van der Waals surface area contributed by atoms with Gasteiger partial charge in [-0.25, -0.2) is 0 Å². The smallest absolute Gasteiger partial charge is 0.223 e. The Morgan fingerprint density at radius 3 is 2.57 bits per heavy atom. The van der Waals surface area contributed by atoms with Crippen LogP contribution in [-0.4, -0.2) is 41.9 Å². The minimum Gasteiger partial charge on any atom is -0.491 e. The summed E-state index contributed by atoms with van der Waals surface area (Å²) in [5.74, 6) is 1.14. The van der Waals surface area contributed by atoms with Gasteiger partial charge in [-0.15, -0.1) is 0 Å². The van der Waals surface area contributed by atoms with Crippen molar-refractivity contribution in [2.45, 2.75) is 45.2 Å². The van der Waals surface area contributed by atoms with Crippen molar-refractivity contribution in [3.8, 4) is 5.75 Å². The third-order valence-corrected chi connectivity index (χ3v) is 5.78. The van der Waals surface area contributed by atoms with Gasteiger partial charge in [0.15, 0.2) is 0 Å². The highest BCUT2D eigenvalue weighted by Crippen LogP contribution is 2.26. The first-order valence-corrected chi connectivity index (χ1v) is 10.6. The number of aryl methyl sites for hydroxylation is 1. The Labute approximate surface area is 168 Å². The van der Waals surface area contributed by atoms with Crippen LogP contribution >= 0.6 is 0 Å². The third-order valence-electron chi connectivity index (χ3n) is 5.78. The third kappa shape index (κ3) is 4.93. The average Bonchev–Trinajstić information content (AvgIpc) is 2.96. The Kier molecular flexibility index (Phi) is 6.27. The van der Waals surface area contributed by atoms with Crippen molar-refractivity contribution in [2.75, 3.05) is 26.2 Å². The van der Waals surface area contributed by atoms with Crippen molar-refractivity contribution >= 4 is 5.91 Å². The Balaban J connectivity index is 1.39. The molecule has 0 N–H and O–H groups in total. The second kappa shape index (κ2) is 9.24. The van der Waals surface area contributed by atoms with Crippen molar-refractivity contribution in [1.29, 1.82) is 0 Å². The zero-order valence-corrected chi connectivity index (χ0v) is 16.6. The molecule has 2 aromatic carbocycles. The van der Waals surface area contributed by atoms with Gasteiger partial charge in [0.25, 0.3) is 0 Å². The molecule has 0 atom stereocenters. The normalized spacial score (nSPS) is 17.5. The molecule has 2 aromatic rings. The first kappa shape index (κ1) is 19.0. The summed E-state index contributed by atoms with van der Waals surface area (Å²) in [6.45, 7) is 5.25. The molecule has 0 aromatic heterocycles. The van der Waals surface area contributed by atoms with Crippen molar-refractivity contribution in [3.05, 3.63) is 65.2 Å². The lowest BCUT2D eigenvalue weighted by Gasteiger charge is -2.26. The van der Waals surface area contributed by atoms with Crippen molar-refractivity contribution < 1.29 is 9.53 Å². The van der Waals surface area contributed by atoms with E-state index in [1.165, 1.54) is 43.5 Å². The van der Waals surface area contributed by atoms with Crippen molar-refractivity contribution in [3.63, 3.8) is 0 Å². The highest BCUT2D eigenvalue weighted by molar-refractivity contribution is 5.76. The molecule has 2 aliphatic rings. The van der Waals surface area contributed by atoms with Gasteiger partial charge in [-0.2, -0.15) is 0 Å². The molecule has 1 amide bonds. The van der Waals surface area contributed by atoms with E-state index in [0.29, 0.717) is 26.1 Å². The van der Waals surface area contributed by atoms with E-state index >= 15 is 0 Å². The molecule has 28 heavy (non-hydrogen) atoms. The number of rotatable bonds is 5. The first-order valence-electron chi connectivity index (χ1n) is 10.6. The molecule has 4 heteroatoms. The molecule has 2 heterocycles. The Bertz CT molecular complexity index is 784. The molecule has 0 saturated carbocycles. The predicted molar refractivity (Wildman–Crippen MR) is 111 cm³/mol. The Morgan fingerprint density at radius 2 is 1.75 bits per heavy atom. The molecule has 0 bridgehead atoms. The number of carbonyl (C=O) groups is 1. The number of likely N-dealkylation sites (tertiary alicyclic amines) is 1. The summed E-state index contributed by atoms with van der Waals surface area (Å²) in [7, 11) is 0. The number of hydrogen-bond acceptors (Lipinski definition) is 3. The van der Waals surface area contributed by atoms with Crippen LogP contribution in [0.15, 0.2) is 48.5 Å². The zero-order chi connectivity index (χ0) is 19.2. The van der Waals surface area contributed by atoms with Gasteiger partial charge in [0, 0.05) is 25.1 Å². The fraction of sp³-hybridized carbons (Fsp3) is 0.458. The quantitative estimate of drug-likeness (QED) is 0.788. The van der Waals surface area contributed by atoms with Gasteiger partial charge in [0.05, 0.1) is 6.54 Å². The number of amides is 1. The van der Waals surface area contributed by atoms with E-state index in [1.807, 2.05) is 23.1 Å². The lowest BCUT2D eigenvalue weighted by Crippen LogP contribution is -2.32. The summed E-state index contributed by atoms with van der Waals surface area (Å²) >= 11 is 0. The molecule has 2 aliphatic heterocycles.